The van der Waals surface area contributed by atoms with Gasteiger partial charge in [0, 0.05) is 32.1 Å². The van der Waals surface area contributed by atoms with Crippen LogP contribution in [0.15, 0.2) is 10.1 Å². The number of guanidine groups is 1. The SMILES string of the molecule is CN=C(NCCCc1nnc(SC)n1C1CCCC1)NC(C)CCCC(C)C.I. The van der Waals surface area contributed by atoms with Gasteiger partial charge < -0.3 is 15.2 Å². The van der Waals surface area contributed by atoms with Crippen LogP contribution in [0, 0.1) is 5.92 Å². The second-order valence-electron chi connectivity index (χ2n) is 8.38. The summed E-state index contributed by atoms with van der Waals surface area (Å²) in [5.74, 6) is 2.82. The first kappa shape index (κ1) is 26.5. The van der Waals surface area contributed by atoms with Gasteiger partial charge >= 0.3 is 0 Å². The van der Waals surface area contributed by atoms with Crippen LogP contribution in [0.4, 0.5) is 0 Å². The van der Waals surface area contributed by atoms with E-state index in [0.717, 1.165) is 42.2 Å². The molecule has 1 unspecified atom stereocenters. The summed E-state index contributed by atoms with van der Waals surface area (Å²) < 4.78 is 2.40. The Balaban J connectivity index is 0.00000420. The van der Waals surface area contributed by atoms with E-state index in [1.807, 2.05) is 7.05 Å². The zero-order valence-electron chi connectivity index (χ0n) is 18.9. The summed E-state index contributed by atoms with van der Waals surface area (Å²) in [5, 5.41) is 16.9. The Labute approximate surface area is 198 Å². The molecule has 1 aliphatic rings. The summed E-state index contributed by atoms with van der Waals surface area (Å²) in [4.78, 5) is 4.37. The molecular weight excluding hydrogens is 495 g/mol. The lowest BCUT2D eigenvalue weighted by molar-refractivity contribution is 0.460. The third kappa shape index (κ3) is 9.02. The number of thioether (sulfide) groups is 1. The van der Waals surface area contributed by atoms with Gasteiger partial charge in [0.1, 0.15) is 5.82 Å². The highest BCUT2D eigenvalue weighted by Crippen LogP contribution is 2.33. The van der Waals surface area contributed by atoms with E-state index in [2.05, 4.69) is 57.4 Å². The predicted molar refractivity (Wildman–Crippen MR) is 136 cm³/mol. The van der Waals surface area contributed by atoms with Crippen molar-refractivity contribution in [3.05, 3.63) is 5.82 Å². The highest BCUT2D eigenvalue weighted by atomic mass is 127. The van der Waals surface area contributed by atoms with Crippen molar-refractivity contribution >= 4 is 41.7 Å². The maximum atomic E-state index is 4.48. The number of hydrogen-bond acceptors (Lipinski definition) is 4. The van der Waals surface area contributed by atoms with E-state index >= 15 is 0 Å². The summed E-state index contributed by atoms with van der Waals surface area (Å²) >= 11 is 1.71. The molecule has 0 saturated heterocycles. The summed E-state index contributed by atoms with van der Waals surface area (Å²) in [5.41, 5.74) is 0. The first-order chi connectivity index (χ1) is 13.5. The fourth-order valence-electron chi connectivity index (χ4n) is 3.93. The third-order valence-corrected chi connectivity index (χ3v) is 6.15. The molecule has 1 aromatic rings. The topological polar surface area (TPSA) is 67.1 Å². The second-order valence-corrected chi connectivity index (χ2v) is 9.16. The van der Waals surface area contributed by atoms with Crippen LogP contribution in [-0.4, -0.2) is 46.6 Å². The molecule has 168 valence electrons. The van der Waals surface area contributed by atoms with Crippen molar-refractivity contribution in [1.82, 2.24) is 25.4 Å². The van der Waals surface area contributed by atoms with Crippen LogP contribution in [0.25, 0.3) is 0 Å². The largest absolute Gasteiger partial charge is 0.356 e. The summed E-state index contributed by atoms with van der Waals surface area (Å²) in [6.07, 6.45) is 13.0. The number of aliphatic imine (C=N–C) groups is 1. The highest BCUT2D eigenvalue weighted by Gasteiger charge is 2.23. The Kier molecular flexibility index (Phi) is 13.3. The molecule has 0 bridgehead atoms. The molecule has 2 N–H and O–H groups in total. The average Bonchev–Trinajstić information content (AvgIpc) is 3.32. The fourth-order valence-corrected chi connectivity index (χ4v) is 4.51. The molecule has 2 rings (SSSR count). The minimum Gasteiger partial charge on any atom is -0.356 e. The highest BCUT2D eigenvalue weighted by molar-refractivity contribution is 14.0. The van der Waals surface area contributed by atoms with E-state index in [1.165, 1.54) is 44.9 Å². The first-order valence-electron chi connectivity index (χ1n) is 11.0. The molecule has 29 heavy (non-hydrogen) atoms. The molecule has 1 fully saturated rings. The summed E-state index contributed by atoms with van der Waals surface area (Å²) in [6, 6.07) is 1.04. The monoisotopic (exact) mass is 536 g/mol. The minimum atomic E-state index is 0. The molecule has 0 aliphatic heterocycles. The third-order valence-electron chi connectivity index (χ3n) is 5.50. The van der Waals surface area contributed by atoms with Crippen molar-refractivity contribution < 1.29 is 0 Å². The van der Waals surface area contributed by atoms with Crippen molar-refractivity contribution in [2.45, 2.75) is 95.8 Å². The van der Waals surface area contributed by atoms with Gasteiger partial charge in [-0.1, -0.05) is 51.3 Å². The average molecular weight is 537 g/mol. The molecule has 0 amide bonds. The molecule has 1 saturated carbocycles. The number of hydrogen-bond donors (Lipinski definition) is 2. The lowest BCUT2D eigenvalue weighted by Crippen LogP contribution is -2.42. The normalized spacial score (nSPS) is 16.1. The molecule has 1 atom stereocenters. The van der Waals surface area contributed by atoms with E-state index in [9.17, 15) is 0 Å². The Bertz CT molecular complexity index is 598. The fraction of sp³-hybridized carbons (Fsp3) is 0.857. The van der Waals surface area contributed by atoms with Gasteiger partial charge in [-0.25, -0.2) is 0 Å². The van der Waals surface area contributed by atoms with Gasteiger partial charge in [-0.3, -0.25) is 4.99 Å². The van der Waals surface area contributed by atoms with Crippen molar-refractivity contribution in [3.8, 4) is 0 Å². The van der Waals surface area contributed by atoms with Crippen LogP contribution < -0.4 is 10.6 Å². The molecule has 1 aromatic heterocycles. The number of aryl methyl sites for hydroxylation is 1. The van der Waals surface area contributed by atoms with Gasteiger partial charge in [0.05, 0.1) is 0 Å². The zero-order chi connectivity index (χ0) is 20.4. The van der Waals surface area contributed by atoms with Crippen molar-refractivity contribution in [2.75, 3.05) is 19.8 Å². The number of rotatable bonds is 11. The van der Waals surface area contributed by atoms with E-state index in [4.69, 9.17) is 0 Å². The van der Waals surface area contributed by atoms with E-state index in [0.29, 0.717) is 12.1 Å². The van der Waals surface area contributed by atoms with Crippen LogP contribution in [0.2, 0.25) is 0 Å². The number of nitrogens with one attached hydrogen (secondary N) is 2. The smallest absolute Gasteiger partial charge is 0.191 e. The molecule has 8 heteroatoms. The quantitative estimate of drug-likeness (QED) is 0.136. The Morgan fingerprint density at radius 1 is 1.17 bits per heavy atom. The maximum Gasteiger partial charge on any atom is 0.191 e. The van der Waals surface area contributed by atoms with E-state index < -0.39 is 0 Å². The first-order valence-corrected chi connectivity index (χ1v) is 12.2. The van der Waals surface area contributed by atoms with Crippen LogP contribution in [0.5, 0.6) is 0 Å². The lowest BCUT2D eigenvalue weighted by Gasteiger charge is -2.19. The van der Waals surface area contributed by atoms with Crippen LogP contribution in [-0.2, 0) is 6.42 Å². The Morgan fingerprint density at radius 2 is 1.90 bits per heavy atom. The van der Waals surface area contributed by atoms with E-state index in [1.54, 1.807) is 11.8 Å². The van der Waals surface area contributed by atoms with Crippen molar-refractivity contribution in [1.29, 1.82) is 0 Å². The summed E-state index contributed by atoms with van der Waals surface area (Å²) in [6.45, 7) is 7.70. The lowest BCUT2D eigenvalue weighted by atomic mass is 10.0. The zero-order valence-corrected chi connectivity index (χ0v) is 22.1. The van der Waals surface area contributed by atoms with Crippen LogP contribution in [0.3, 0.4) is 0 Å². The number of nitrogens with zero attached hydrogens (tertiary/aromatic N) is 4. The van der Waals surface area contributed by atoms with E-state index in [-0.39, 0.29) is 24.0 Å². The molecule has 1 heterocycles. The second kappa shape index (κ2) is 14.5. The van der Waals surface area contributed by atoms with Gasteiger partial charge in [-0.2, -0.15) is 0 Å². The van der Waals surface area contributed by atoms with Gasteiger partial charge in [0.15, 0.2) is 11.1 Å². The van der Waals surface area contributed by atoms with Crippen LogP contribution in [0.1, 0.15) is 84.0 Å². The van der Waals surface area contributed by atoms with Crippen LogP contribution >= 0.6 is 35.7 Å². The number of aromatic nitrogens is 3. The Morgan fingerprint density at radius 3 is 2.52 bits per heavy atom. The molecule has 0 radical (unpaired) electrons. The van der Waals surface area contributed by atoms with Gasteiger partial charge in [0.25, 0.3) is 0 Å². The number of halogens is 1. The van der Waals surface area contributed by atoms with Crippen molar-refractivity contribution in [3.63, 3.8) is 0 Å². The predicted octanol–water partition coefficient (Wildman–Crippen LogP) is 5.05. The standard InChI is InChI=1S/C21H40N6S.HI/c1-16(2)10-8-11-17(3)24-20(22-4)23-15-9-14-19-25-26-21(28-5)27(19)18-12-6-7-13-18;/h16-18H,6-15H2,1-5H3,(H2,22,23,24);1H. The van der Waals surface area contributed by atoms with Gasteiger partial charge in [0.2, 0.25) is 0 Å². The molecule has 1 aliphatic carbocycles. The molecule has 0 spiro atoms. The summed E-state index contributed by atoms with van der Waals surface area (Å²) in [7, 11) is 1.84. The molecule has 0 aromatic carbocycles. The van der Waals surface area contributed by atoms with Gasteiger partial charge in [-0.15, -0.1) is 34.2 Å². The van der Waals surface area contributed by atoms with Gasteiger partial charge in [-0.05, 0) is 44.8 Å². The Hall–Kier alpha value is -0.510. The van der Waals surface area contributed by atoms with Crippen molar-refractivity contribution in [2.24, 2.45) is 10.9 Å². The maximum absolute atomic E-state index is 4.48. The minimum absolute atomic E-state index is 0. The molecular formula is C21H41IN6S. The molecule has 6 nitrogen and oxygen atoms in total.